The molecule has 6 rings (SSSR count). The van der Waals surface area contributed by atoms with Crippen LogP contribution in [0.5, 0.6) is 5.88 Å². The van der Waals surface area contributed by atoms with Gasteiger partial charge in [-0.2, -0.15) is 4.31 Å². The van der Waals surface area contributed by atoms with Crippen LogP contribution in [-0.2, 0) is 30.7 Å². The summed E-state index contributed by atoms with van der Waals surface area (Å²) >= 11 is 0. The topological polar surface area (TPSA) is 163 Å². The second-order valence-corrected chi connectivity index (χ2v) is 16.2. The molecule has 0 spiro atoms. The third-order valence-electron chi connectivity index (χ3n) is 10.0. The van der Waals surface area contributed by atoms with E-state index in [1.54, 1.807) is 18.3 Å². The number of aliphatic imine (C=N–C) groups is 1. The van der Waals surface area contributed by atoms with E-state index in [0.29, 0.717) is 35.5 Å². The number of alkyl carbamates (subject to hydrolysis) is 1. The SMILES string of the molecule is CC(C)CN(CC(O)C(Cc1ccccc1)NC(=O)OC1COC2OCCC12)S(=O)(=O)c1ccc2[nH]c(O)c(C=NCC3CCCCC3)c2c1. The first-order chi connectivity index (χ1) is 24.1. The van der Waals surface area contributed by atoms with Crippen LogP contribution >= 0.6 is 0 Å². The van der Waals surface area contributed by atoms with Crippen LogP contribution in [0.4, 0.5) is 4.79 Å². The molecule has 1 amide bonds. The number of H-pyrrole nitrogens is 1. The van der Waals surface area contributed by atoms with Crippen molar-refractivity contribution in [3.8, 4) is 5.88 Å². The number of sulfonamides is 1. The van der Waals surface area contributed by atoms with Crippen molar-refractivity contribution in [3.63, 3.8) is 0 Å². The maximum Gasteiger partial charge on any atom is 0.407 e. The Labute approximate surface area is 294 Å². The van der Waals surface area contributed by atoms with Crippen molar-refractivity contribution in [2.24, 2.45) is 22.7 Å². The van der Waals surface area contributed by atoms with Crippen molar-refractivity contribution >= 4 is 33.2 Å². The number of fused-ring (bicyclic) bond motifs is 2. The van der Waals surface area contributed by atoms with Crippen molar-refractivity contribution in [3.05, 3.63) is 59.7 Å². The molecule has 3 aliphatic rings. The van der Waals surface area contributed by atoms with Crippen LogP contribution in [0.3, 0.4) is 0 Å². The Morgan fingerprint density at radius 3 is 2.64 bits per heavy atom. The maximum absolute atomic E-state index is 14.3. The monoisotopic (exact) mass is 710 g/mol. The standard InChI is InChI=1S/C37H50N4O8S/c1-24(2)21-41(50(45,46)27-13-14-31-29(18-27)30(35(43)39-31)20-38-19-26-11-7-4-8-12-26)22-33(42)32(17-25-9-5-3-6-10-25)40-37(44)49-34-23-48-36-28(34)15-16-47-36/h3,5-6,9-10,13-14,18,20,24,26,28,32-34,36,39,42-43H,4,7-8,11-12,15-17,19,21-23H2,1-2H3,(H,40,44). The Morgan fingerprint density at radius 1 is 1.10 bits per heavy atom. The average Bonchev–Trinajstić information content (AvgIpc) is 3.80. The van der Waals surface area contributed by atoms with Gasteiger partial charge in [0, 0.05) is 36.8 Å². The summed E-state index contributed by atoms with van der Waals surface area (Å²) in [7, 11) is -4.13. The fourth-order valence-electron chi connectivity index (χ4n) is 7.32. The zero-order valence-corrected chi connectivity index (χ0v) is 29.7. The van der Waals surface area contributed by atoms with Gasteiger partial charge in [0.1, 0.15) is 6.10 Å². The number of benzene rings is 2. The molecule has 12 nitrogen and oxygen atoms in total. The van der Waals surface area contributed by atoms with E-state index in [2.05, 4.69) is 15.3 Å². The second-order valence-electron chi connectivity index (χ2n) is 14.3. The van der Waals surface area contributed by atoms with Crippen molar-refractivity contribution in [1.29, 1.82) is 0 Å². The zero-order valence-electron chi connectivity index (χ0n) is 28.9. The number of aromatic hydroxyl groups is 1. The lowest BCUT2D eigenvalue weighted by Gasteiger charge is -2.31. The van der Waals surface area contributed by atoms with Gasteiger partial charge in [-0.15, -0.1) is 0 Å². The van der Waals surface area contributed by atoms with Gasteiger partial charge in [0.05, 0.1) is 41.7 Å². The summed E-state index contributed by atoms with van der Waals surface area (Å²) in [5.41, 5.74) is 1.89. The number of aromatic amines is 1. The van der Waals surface area contributed by atoms with Gasteiger partial charge in [-0.3, -0.25) is 4.99 Å². The third kappa shape index (κ3) is 8.68. The Morgan fingerprint density at radius 2 is 1.88 bits per heavy atom. The molecule has 3 fully saturated rings. The van der Waals surface area contributed by atoms with Crippen molar-refractivity contribution in [2.45, 2.75) is 88.2 Å². The molecular formula is C37H50N4O8S. The number of carbonyl (C=O) groups excluding carboxylic acids is 1. The Kier molecular flexibility index (Phi) is 11.8. The van der Waals surface area contributed by atoms with Crippen LogP contribution < -0.4 is 5.32 Å². The Hall–Kier alpha value is -3.49. The lowest BCUT2D eigenvalue weighted by molar-refractivity contribution is -0.0907. The number of aliphatic hydroxyl groups is 1. The maximum atomic E-state index is 14.3. The van der Waals surface area contributed by atoms with E-state index in [0.717, 1.165) is 24.8 Å². The van der Waals surface area contributed by atoms with Gasteiger partial charge >= 0.3 is 6.09 Å². The third-order valence-corrected chi connectivity index (χ3v) is 11.8. The Balaban J connectivity index is 1.21. The van der Waals surface area contributed by atoms with Gasteiger partial charge in [-0.1, -0.05) is 63.4 Å². The number of hydrogen-bond acceptors (Lipinski definition) is 9. The molecule has 2 aliphatic heterocycles. The molecule has 1 aliphatic carbocycles. The minimum atomic E-state index is -4.13. The number of hydrogen-bond donors (Lipinski definition) is 4. The molecule has 3 aromatic rings. The summed E-state index contributed by atoms with van der Waals surface area (Å²) in [5, 5.41) is 25.7. The summed E-state index contributed by atoms with van der Waals surface area (Å²) in [6, 6.07) is 13.2. The van der Waals surface area contributed by atoms with Crippen LogP contribution in [0.1, 0.15) is 63.5 Å². The zero-order chi connectivity index (χ0) is 35.3. The van der Waals surface area contributed by atoms with E-state index in [-0.39, 0.29) is 55.0 Å². The van der Waals surface area contributed by atoms with Gasteiger partial charge in [0.2, 0.25) is 10.0 Å². The molecule has 4 N–H and O–H groups in total. The van der Waals surface area contributed by atoms with E-state index >= 15 is 0 Å². The number of nitrogens with one attached hydrogen (secondary N) is 2. The van der Waals surface area contributed by atoms with E-state index in [4.69, 9.17) is 14.2 Å². The molecule has 272 valence electrons. The number of nitrogens with zero attached hydrogens (tertiary/aromatic N) is 2. The van der Waals surface area contributed by atoms with Crippen molar-refractivity contribution in [2.75, 3.05) is 32.8 Å². The average molecular weight is 711 g/mol. The molecule has 1 aromatic heterocycles. The molecule has 0 bridgehead atoms. The number of rotatable bonds is 14. The minimum absolute atomic E-state index is 0.0281. The first kappa shape index (κ1) is 36.3. The summed E-state index contributed by atoms with van der Waals surface area (Å²) in [6.07, 6.45) is 5.74. The highest BCUT2D eigenvalue weighted by Crippen LogP contribution is 2.33. The van der Waals surface area contributed by atoms with E-state index in [9.17, 15) is 23.4 Å². The normalized spacial score (nSPS) is 22.8. The van der Waals surface area contributed by atoms with Crippen molar-refractivity contribution in [1.82, 2.24) is 14.6 Å². The number of amides is 1. The predicted molar refractivity (Wildman–Crippen MR) is 190 cm³/mol. The highest BCUT2D eigenvalue weighted by molar-refractivity contribution is 7.89. The Bertz CT molecular complexity index is 1720. The van der Waals surface area contributed by atoms with Gasteiger partial charge in [0.25, 0.3) is 0 Å². The van der Waals surface area contributed by atoms with E-state index < -0.39 is 34.4 Å². The lowest BCUT2D eigenvalue weighted by Crippen LogP contribution is -2.51. The smallest absolute Gasteiger partial charge is 0.407 e. The lowest BCUT2D eigenvalue weighted by atomic mass is 9.89. The molecule has 3 heterocycles. The number of ether oxygens (including phenoxy) is 3. The van der Waals surface area contributed by atoms with Crippen LogP contribution in [0, 0.1) is 17.8 Å². The highest BCUT2D eigenvalue weighted by Gasteiger charge is 2.44. The summed E-state index contributed by atoms with van der Waals surface area (Å²) in [5.74, 6) is 0.340. The molecule has 1 saturated carbocycles. The van der Waals surface area contributed by atoms with Gasteiger partial charge < -0.3 is 34.7 Å². The number of aromatic nitrogens is 1. The minimum Gasteiger partial charge on any atom is -0.494 e. The summed E-state index contributed by atoms with van der Waals surface area (Å²) in [6.45, 7) is 5.12. The molecule has 5 atom stereocenters. The van der Waals surface area contributed by atoms with E-state index in [1.807, 2.05) is 44.2 Å². The fraction of sp³-hybridized carbons (Fsp3) is 0.568. The van der Waals surface area contributed by atoms with Crippen LogP contribution in [0.2, 0.25) is 0 Å². The largest absolute Gasteiger partial charge is 0.494 e. The molecule has 5 unspecified atom stereocenters. The molecule has 2 aromatic carbocycles. The van der Waals surface area contributed by atoms with Crippen molar-refractivity contribution < 1.29 is 37.6 Å². The van der Waals surface area contributed by atoms with Gasteiger partial charge in [-0.25, -0.2) is 13.2 Å². The summed E-state index contributed by atoms with van der Waals surface area (Å²) in [4.78, 5) is 20.8. The molecule has 50 heavy (non-hydrogen) atoms. The van der Waals surface area contributed by atoms with Crippen LogP contribution in [0.25, 0.3) is 10.9 Å². The molecule has 0 radical (unpaired) electrons. The molecule has 2 saturated heterocycles. The predicted octanol–water partition coefficient (Wildman–Crippen LogP) is 4.98. The molecule has 13 heteroatoms. The molecular weight excluding hydrogens is 660 g/mol. The van der Waals surface area contributed by atoms with Crippen LogP contribution in [0.15, 0.2) is 58.4 Å². The highest BCUT2D eigenvalue weighted by atomic mass is 32.2. The van der Waals surface area contributed by atoms with E-state index in [1.165, 1.54) is 29.6 Å². The summed E-state index contributed by atoms with van der Waals surface area (Å²) < 4.78 is 46.8. The number of carbonyl (C=O) groups is 1. The first-order valence-electron chi connectivity index (χ1n) is 17.9. The second kappa shape index (κ2) is 16.2. The first-order valence-corrected chi connectivity index (χ1v) is 19.3. The van der Waals surface area contributed by atoms with Gasteiger partial charge in [0.15, 0.2) is 12.2 Å². The van der Waals surface area contributed by atoms with Gasteiger partial charge in [-0.05, 0) is 61.3 Å². The number of aliphatic hydroxyl groups excluding tert-OH is 1. The fourth-order valence-corrected chi connectivity index (χ4v) is 8.96. The van der Waals surface area contributed by atoms with Crippen LogP contribution in [-0.4, -0.2) is 97.6 Å². The quantitative estimate of drug-likeness (QED) is 0.170.